The Labute approximate surface area is 254 Å². The van der Waals surface area contributed by atoms with E-state index in [0.717, 1.165) is 49.0 Å². The smallest absolute Gasteiger partial charge is 0.267 e. The Bertz CT molecular complexity index is 2460. The van der Waals surface area contributed by atoms with Gasteiger partial charge in [-0.15, -0.1) is 22.2 Å². The van der Waals surface area contributed by atoms with Crippen LogP contribution < -0.4 is 5.19 Å². The van der Waals surface area contributed by atoms with E-state index in [1.165, 1.54) is 0 Å². The number of aromatic nitrogens is 8. The van der Waals surface area contributed by atoms with Crippen LogP contribution in [0.15, 0.2) is 91.0 Å². The van der Waals surface area contributed by atoms with Gasteiger partial charge >= 0.3 is 0 Å². The highest BCUT2D eigenvalue weighted by Gasteiger charge is 2.23. The Hall–Kier alpha value is -4.96. The van der Waals surface area contributed by atoms with Gasteiger partial charge in [0.25, 0.3) is 7.42 Å². The Morgan fingerprint density at radius 3 is 1.30 bits per heavy atom. The molecule has 0 radical (unpaired) electrons. The molecule has 0 aliphatic carbocycles. The molecule has 43 heavy (non-hydrogen) atoms. The Balaban J connectivity index is 1.52. The fraction of sp³-hybridized carbons (Fsp3) is 0. The molecule has 204 valence electrons. The first kappa shape index (κ1) is 24.6. The van der Waals surface area contributed by atoms with Crippen LogP contribution in [0.25, 0.3) is 89.7 Å². The van der Waals surface area contributed by atoms with Gasteiger partial charge in [0, 0.05) is 43.8 Å². The highest BCUT2D eigenvalue weighted by Crippen LogP contribution is 2.36. The van der Waals surface area contributed by atoms with Crippen molar-refractivity contribution in [1.82, 2.24) is 39.9 Å². The summed E-state index contributed by atoms with van der Waals surface area (Å²) in [4.78, 5) is 36.9. The van der Waals surface area contributed by atoms with Crippen LogP contribution in [0.4, 0.5) is 0 Å². The maximum Gasteiger partial charge on any atom is 0.267 e. The van der Waals surface area contributed by atoms with E-state index < -0.39 is 7.42 Å². The van der Waals surface area contributed by atoms with Gasteiger partial charge in [0.2, 0.25) is 0 Å². The minimum Gasteiger partial charge on any atom is -0.324 e. The number of nitrogens with zero attached hydrogens (tertiary/aromatic N) is 6. The number of H-pyrrole nitrogens is 2. The summed E-state index contributed by atoms with van der Waals surface area (Å²) in [5.41, 5.74) is 6.05. The van der Waals surface area contributed by atoms with E-state index in [-0.39, 0.29) is 0 Å². The van der Waals surface area contributed by atoms with E-state index in [1.54, 1.807) is 0 Å². The third-order valence-electron chi connectivity index (χ3n) is 7.85. The second-order valence-corrected chi connectivity index (χ2v) is 14.8. The van der Waals surface area contributed by atoms with Gasteiger partial charge in [0.1, 0.15) is 22.6 Å². The molecule has 0 atom stereocenters. The molecular weight excluding hydrogens is 595 g/mol. The molecule has 5 heterocycles. The fourth-order valence-corrected chi connectivity index (χ4v) is 7.76. The maximum absolute atomic E-state index is 6.60. The van der Waals surface area contributed by atoms with E-state index in [9.17, 15) is 0 Å². The summed E-state index contributed by atoms with van der Waals surface area (Å²) in [7, 11) is -2.28. The highest BCUT2D eigenvalue weighted by atomic mass is 35.7. The van der Waals surface area contributed by atoms with Crippen molar-refractivity contribution in [3.8, 4) is 45.6 Å². The van der Waals surface area contributed by atoms with Crippen LogP contribution in [0.5, 0.6) is 0 Å². The second kappa shape index (κ2) is 9.27. The molecule has 0 saturated carbocycles. The van der Waals surface area contributed by atoms with Crippen LogP contribution in [0.3, 0.4) is 0 Å². The molecule has 8 bridgehead atoms. The molecule has 7 aromatic rings. The zero-order chi connectivity index (χ0) is 28.7. The molecule has 2 aliphatic rings. The molecule has 11 heteroatoms. The molecule has 2 aliphatic heterocycles. The molecule has 0 spiro atoms. The molecule has 2 N–H and O–H groups in total. The number of hydrogen-bond acceptors (Lipinski definition) is 6. The Morgan fingerprint density at radius 2 is 0.814 bits per heavy atom. The van der Waals surface area contributed by atoms with Crippen molar-refractivity contribution in [2.75, 3.05) is 0 Å². The lowest BCUT2D eigenvalue weighted by Gasteiger charge is -2.02. The number of rotatable bonds is 1. The highest BCUT2D eigenvalue weighted by molar-refractivity contribution is 7.40. The van der Waals surface area contributed by atoms with Gasteiger partial charge in [0.15, 0.2) is 23.3 Å². The fourth-order valence-electron chi connectivity index (χ4n) is 5.90. The molecule has 9 rings (SSSR count). The zero-order valence-corrected chi connectivity index (χ0v) is 24.8. The topological polar surface area (TPSA) is 109 Å². The van der Waals surface area contributed by atoms with Crippen molar-refractivity contribution in [3.05, 3.63) is 91.0 Å². The summed E-state index contributed by atoms with van der Waals surface area (Å²) in [5, 5.41) is 4.41. The van der Waals surface area contributed by atoms with Crippen LogP contribution in [-0.2, 0) is 0 Å². The molecule has 4 aromatic carbocycles. The lowest BCUT2D eigenvalue weighted by molar-refractivity contribution is 1.19. The lowest BCUT2D eigenvalue weighted by atomic mass is 10.1. The predicted molar refractivity (Wildman–Crippen MR) is 175 cm³/mol. The van der Waals surface area contributed by atoms with Gasteiger partial charge < -0.3 is 9.97 Å². The quantitative estimate of drug-likeness (QED) is 0.156. The molecule has 0 fully saturated rings. The van der Waals surface area contributed by atoms with Crippen molar-refractivity contribution in [2.45, 2.75) is 0 Å². The van der Waals surface area contributed by atoms with Crippen molar-refractivity contribution in [1.29, 1.82) is 0 Å². The van der Waals surface area contributed by atoms with E-state index in [1.807, 2.05) is 91.0 Å². The standard InChI is InChI=1S/C32H18Cl2N8Si/c33-43(34)23-15-7-14-22-24(23)32-41-30-21-13-6-5-12-20(21)28(39-30)37-26-17-9-2-1-8-16(17)25(35-26)36-27-18-10-3-4-11-19(18)29(38-27)40-31(22)42-32/h1-15,43H,(H2,35,36,37,38,39,40,41,42). The molecule has 0 amide bonds. The van der Waals surface area contributed by atoms with Gasteiger partial charge in [0.05, 0.1) is 0 Å². The minimum atomic E-state index is -2.28. The van der Waals surface area contributed by atoms with Crippen LogP contribution in [0.2, 0.25) is 0 Å². The van der Waals surface area contributed by atoms with Crippen molar-refractivity contribution in [3.63, 3.8) is 0 Å². The Morgan fingerprint density at radius 1 is 0.419 bits per heavy atom. The number of hydrogen-bond donors (Lipinski definition) is 2. The second-order valence-electron chi connectivity index (χ2n) is 10.3. The van der Waals surface area contributed by atoms with Crippen LogP contribution in [0, 0.1) is 0 Å². The summed E-state index contributed by atoms with van der Waals surface area (Å²) in [6, 6.07) is 29.8. The normalized spacial score (nSPS) is 12.2. The Kier molecular flexibility index (Phi) is 5.31. The summed E-state index contributed by atoms with van der Waals surface area (Å²) in [6.45, 7) is 0. The average Bonchev–Trinajstić information content (AvgIpc) is 3.76. The van der Waals surface area contributed by atoms with Gasteiger partial charge in [-0.25, -0.2) is 29.9 Å². The minimum absolute atomic E-state index is 0.535. The monoisotopic (exact) mass is 612 g/mol. The summed E-state index contributed by atoms with van der Waals surface area (Å²) >= 11 is 13.2. The third kappa shape index (κ3) is 3.75. The number of fused-ring (bicyclic) bond motifs is 20. The molecular formula is C32H18Cl2N8Si. The maximum atomic E-state index is 6.60. The van der Waals surface area contributed by atoms with Crippen LogP contribution in [0.1, 0.15) is 0 Å². The number of aromatic amines is 2. The SMILES string of the molecule is Cl[SiH](Cl)c1cccc2c3nc4nc(nc5[nH]c(nc6nc(nc([nH]3)c12)-c1ccccc1-6)c1ccccc51)-c1ccccc1-4. The predicted octanol–water partition coefficient (Wildman–Crippen LogP) is 6.77. The van der Waals surface area contributed by atoms with Gasteiger partial charge in [-0.2, -0.15) is 0 Å². The van der Waals surface area contributed by atoms with Crippen molar-refractivity contribution < 1.29 is 0 Å². The molecule has 3 aromatic heterocycles. The molecule has 0 saturated heterocycles. The van der Waals surface area contributed by atoms with Crippen molar-refractivity contribution in [2.24, 2.45) is 0 Å². The van der Waals surface area contributed by atoms with E-state index >= 15 is 0 Å². The van der Waals surface area contributed by atoms with Crippen LogP contribution >= 0.6 is 22.2 Å². The number of nitrogens with one attached hydrogen (secondary N) is 2. The van der Waals surface area contributed by atoms with Crippen LogP contribution in [-0.4, -0.2) is 47.3 Å². The summed E-state index contributed by atoms with van der Waals surface area (Å²) < 4.78 is 0. The number of benzene rings is 4. The van der Waals surface area contributed by atoms with E-state index in [2.05, 4.69) is 9.97 Å². The van der Waals surface area contributed by atoms with E-state index in [0.29, 0.717) is 45.9 Å². The lowest BCUT2D eigenvalue weighted by Crippen LogP contribution is -2.18. The van der Waals surface area contributed by atoms with Gasteiger partial charge in [-0.1, -0.05) is 91.0 Å². The van der Waals surface area contributed by atoms with E-state index in [4.69, 9.17) is 52.1 Å². The van der Waals surface area contributed by atoms with Gasteiger partial charge in [-0.05, 0) is 5.19 Å². The van der Waals surface area contributed by atoms with Gasteiger partial charge in [-0.3, -0.25) is 0 Å². The molecule has 8 nitrogen and oxygen atoms in total. The summed E-state index contributed by atoms with van der Waals surface area (Å²) in [5.74, 6) is 2.21. The number of halogens is 2. The summed E-state index contributed by atoms with van der Waals surface area (Å²) in [6.07, 6.45) is 0. The largest absolute Gasteiger partial charge is 0.324 e. The van der Waals surface area contributed by atoms with Crippen molar-refractivity contribution >= 4 is 78.9 Å². The third-order valence-corrected chi connectivity index (χ3v) is 10.2. The first-order valence-electron chi connectivity index (χ1n) is 13.6. The first-order chi connectivity index (χ1) is 21.1. The molecule has 0 unspecified atom stereocenters. The first-order valence-corrected chi connectivity index (χ1v) is 17.7. The zero-order valence-electron chi connectivity index (χ0n) is 22.2. The average molecular weight is 614 g/mol.